The van der Waals surface area contributed by atoms with Crippen molar-refractivity contribution in [3.63, 3.8) is 0 Å². The third-order valence-corrected chi connectivity index (χ3v) is 9.58. The summed E-state index contributed by atoms with van der Waals surface area (Å²) in [5, 5.41) is 24.0. The summed E-state index contributed by atoms with van der Waals surface area (Å²) < 4.78 is 4.39. The van der Waals surface area contributed by atoms with Gasteiger partial charge in [-0.2, -0.15) is 10.5 Å². The fourth-order valence-corrected chi connectivity index (χ4v) is 7.49. The normalized spacial score (nSPS) is 11.1. The number of aromatic nitrogens is 2. The van der Waals surface area contributed by atoms with Crippen LogP contribution in [0.2, 0.25) is 0 Å². The smallest absolute Gasteiger partial charge is 0.189 e. The van der Waals surface area contributed by atoms with Gasteiger partial charge in [-0.05, 0) is 77.4 Å². The summed E-state index contributed by atoms with van der Waals surface area (Å²) in [5.41, 5.74) is 11.4. The molecule has 0 radical (unpaired) electrons. The van der Waals surface area contributed by atoms with Crippen LogP contribution in [0.15, 0.2) is 152 Å². The summed E-state index contributed by atoms with van der Waals surface area (Å²) in [5.74, 6) is 0. The Morgan fingerprint density at radius 2 is 1.14 bits per heavy atom. The van der Waals surface area contributed by atoms with Crippen LogP contribution >= 0.6 is 0 Å². The maximum atomic E-state index is 10.2. The van der Waals surface area contributed by atoms with Crippen molar-refractivity contribution in [2.24, 2.45) is 0 Å². The molecule has 0 saturated heterocycles. The van der Waals surface area contributed by atoms with Gasteiger partial charge in [0.05, 0.1) is 51.5 Å². The zero-order valence-electron chi connectivity index (χ0n) is 26.7. The molecular weight excluding hydrogens is 611 g/mol. The van der Waals surface area contributed by atoms with E-state index in [4.69, 9.17) is 6.57 Å². The molecule has 0 amide bonds. The van der Waals surface area contributed by atoms with Crippen LogP contribution in [0.3, 0.4) is 0 Å². The molecule has 9 aromatic rings. The lowest BCUT2D eigenvalue weighted by Crippen LogP contribution is -1.99. The highest BCUT2D eigenvalue weighted by atomic mass is 15.0. The van der Waals surface area contributed by atoms with Gasteiger partial charge in [0.15, 0.2) is 5.69 Å². The molecule has 0 saturated carbocycles. The summed E-state index contributed by atoms with van der Waals surface area (Å²) in [7, 11) is 0. The predicted molar refractivity (Wildman–Crippen MR) is 202 cm³/mol. The van der Waals surface area contributed by atoms with Crippen LogP contribution in [0.4, 0.5) is 5.69 Å². The highest BCUT2D eigenvalue weighted by molar-refractivity contribution is 6.12. The van der Waals surface area contributed by atoms with Crippen LogP contribution in [0.25, 0.3) is 82.1 Å². The summed E-state index contributed by atoms with van der Waals surface area (Å²) in [6.07, 6.45) is 0. The van der Waals surface area contributed by atoms with E-state index >= 15 is 0 Å². The van der Waals surface area contributed by atoms with E-state index in [1.165, 1.54) is 0 Å². The molecule has 50 heavy (non-hydrogen) atoms. The molecule has 2 aromatic heterocycles. The van der Waals surface area contributed by atoms with Crippen LogP contribution in [0.5, 0.6) is 0 Å². The van der Waals surface area contributed by atoms with Crippen molar-refractivity contribution in [3.8, 4) is 45.8 Å². The Bertz CT molecular complexity index is 2970. The lowest BCUT2D eigenvalue weighted by atomic mass is 9.93. The molecule has 2 heterocycles. The largest absolute Gasteiger partial charge is 0.310 e. The molecule has 5 heteroatoms. The number of hydrogen-bond donors (Lipinski definition) is 0. The number of nitrogens with zero attached hydrogens (tertiary/aromatic N) is 5. The highest BCUT2D eigenvalue weighted by Crippen LogP contribution is 2.42. The van der Waals surface area contributed by atoms with Crippen LogP contribution in [-0.4, -0.2) is 9.13 Å². The topological polar surface area (TPSA) is 61.8 Å². The van der Waals surface area contributed by atoms with Crippen molar-refractivity contribution in [2.45, 2.75) is 0 Å². The third kappa shape index (κ3) is 4.31. The quantitative estimate of drug-likeness (QED) is 0.181. The van der Waals surface area contributed by atoms with Crippen LogP contribution < -0.4 is 0 Å². The molecule has 230 valence electrons. The molecule has 0 unspecified atom stereocenters. The van der Waals surface area contributed by atoms with E-state index in [1.807, 2.05) is 91.0 Å². The number of benzene rings is 7. The number of rotatable bonds is 4. The molecule has 7 aromatic carbocycles. The van der Waals surface area contributed by atoms with E-state index in [9.17, 15) is 10.5 Å². The van der Waals surface area contributed by atoms with E-state index in [2.05, 4.69) is 86.8 Å². The molecule has 5 nitrogen and oxygen atoms in total. The van der Waals surface area contributed by atoms with Gasteiger partial charge in [-0.15, -0.1) is 0 Å². The van der Waals surface area contributed by atoms with Gasteiger partial charge in [-0.3, -0.25) is 0 Å². The first-order chi connectivity index (χ1) is 24.7. The first kappa shape index (κ1) is 28.8. The summed E-state index contributed by atoms with van der Waals surface area (Å²) in [6, 6.07) is 55.5. The van der Waals surface area contributed by atoms with E-state index < -0.39 is 0 Å². The van der Waals surface area contributed by atoms with E-state index in [0.717, 1.165) is 77.2 Å². The minimum Gasteiger partial charge on any atom is -0.310 e. The Balaban J connectivity index is 1.30. The van der Waals surface area contributed by atoms with Crippen LogP contribution in [-0.2, 0) is 0 Å². The third-order valence-electron chi connectivity index (χ3n) is 9.58. The Labute approximate surface area is 288 Å². The average molecular weight is 636 g/mol. The summed E-state index contributed by atoms with van der Waals surface area (Å²) in [4.78, 5) is 3.92. The van der Waals surface area contributed by atoms with Crippen molar-refractivity contribution in [3.05, 3.63) is 174 Å². The van der Waals surface area contributed by atoms with Gasteiger partial charge in [0.1, 0.15) is 6.07 Å². The first-order valence-corrected chi connectivity index (χ1v) is 16.3. The second-order valence-electron chi connectivity index (χ2n) is 12.3. The molecular formula is C45H25N5. The van der Waals surface area contributed by atoms with E-state index in [0.29, 0.717) is 16.8 Å². The Hall–Kier alpha value is -7.39. The minimum absolute atomic E-state index is 0.529. The standard InChI is InChI=1S/C45H25N5/c1-48-32-24-31(25-33(26-32)49-41-18-7-6-16-38(41)40-23-29(27-46)21-22-44(40)49)34-12-2-3-13-35(34)36-14-4-8-19-42(36)50-43-20-9-5-15-37(43)39-17-10-11-30(28-47)45(39)50/h2-26H. The van der Waals surface area contributed by atoms with Gasteiger partial charge < -0.3 is 9.13 Å². The second-order valence-corrected chi connectivity index (χ2v) is 12.3. The zero-order valence-corrected chi connectivity index (χ0v) is 26.7. The van der Waals surface area contributed by atoms with Crippen LogP contribution in [0, 0.1) is 29.2 Å². The van der Waals surface area contributed by atoms with Crippen LogP contribution in [0.1, 0.15) is 11.1 Å². The van der Waals surface area contributed by atoms with Gasteiger partial charge >= 0.3 is 0 Å². The molecule has 0 bridgehead atoms. The van der Waals surface area contributed by atoms with Crippen molar-refractivity contribution in [1.29, 1.82) is 10.5 Å². The number of para-hydroxylation sites is 4. The van der Waals surface area contributed by atoms with Crippen molar-refractivity contribution >= 4 is 49.3 Å². The SMILES string of the molecule is [C-]#[N+]c1cc(-c2ccccc2-c2ccccc2-n2c3ccccc3c3cccc(C#N)c32)cc(-n2c3ccccc3c3cc(C#N)ccc32)c1. The maximum Gasteiger partial charge on any atom is 0.189 e. The summed E-state index contributed by atoms with van der Waals surface area (Å²) in [6.45, 7) is 8.09. The fourth-order valence-electron chi connectivity index (χ4n) is 7.49. The average Bonchev–Trinajstić information content (AvgIpc) is 3.70. The Kier molecular flexibility index (Phi) is 6.56. The molecule has 0 N–H and O–H groups in total. The lowest BCUT2D eigenvalue weighted by Gasteiger charge is -2.18. The van der Waals surface area contributed by atoms with Gasteiger partial charge in [0.2, 0.25) is 0 Å². The molecule has 0 fully saturated rings. The predicted octanol–water partition coefficient (Wildman–Crippen LogP) is 11.5. The molecule has 0 aliphatic heterocycles. The first-order valence-electron chi connectivity index (χ1n) is 16.3. The Morgan fingerprint density at radius 3 is 1.90 bits per heavy atom. The zero-order chi connectivity index (χ0) is 33.8. The lowest BCUT2D eigenvalue weighted by molar-refractivity contribution is 1.18. The van der Waals surface area contributed by atoms with E-state index in [1.54, 1.807) is 0 Å². The van der Waals surface area contributed by atoms with Gasteiger partial charge in [-0.1, -0.05) is 91.0 Å². The Morgan fingerprint density at radius 1 is 0.500 bits per heavy atom. The second kappa shape index (κ2) is 11.4. The van der Waals surface area contributed by atoms with Gasteiger partial charge in [0.25, 0.3) is 0 Å². The molecule has 0 aliphatic carbocycles. The molecule has 0 atom stereocenters. The van der Waals surface area contributed by atoms with Gasteiger partial charge in [-0.25, -0.2) is 4.85 Å². The number of hydrogen-bond acceptors (Lipinski definition) is 2. The van der Waals surface area contributed by atoms with Crippen molar-refractivity contribution < 1.29 is 0 Å². The van der Waals surface area contributed by atoms with Crippen molar-refractivity contribution in [1.82, 2.24) is 9.13 Å². The summed E-state index contributed by atoms with van der Waals surface area (Å²) >= 11 is 0. The maximum absolute atomic E-state index is 10.2. The van der Waals surface area contributed by atoms with E-state index in [-0.39, 0.29) is 0 Å². The van der Waals surface area contributed by atoms with Crippen molar-refractivity contribution in [2.75, 3.05) is 0 Å². The number of nitriles is 2. The fraction of sp³-hybridized carbons (Fsp3) is 0. The highest BCUT2D eigenvalue weighted by Gasteiger charge is 2.20. The van der Waals surface area contributed by atoms with Gasteiger partial charge in [0, 0.05) is 32.8 Å². The number of fused-ring (bicyclic) bond motifs is 6. The molecule has 0 aliphatic rings. The monoisotopic (exact) mass is 635 g/mol. The molecule has 0 spiro atoms. The molecule has 9 rings (SSSR count). The minimum atomic E-state index is 0.529.